The van der Waals surface area contributed by atoms with E-state index in [1.165, 1.54) is 0 Å². The van der Waals surface area contributed by atoms with Crippen molar-refractivity contribution in [2.75, 3.05) is 0 Å². The van der Waals surface area contributed by atoms with Gasteiger partial charge in [0.1, 0.15) is 23.8 Å². The van der Waals surface area contributed by atoms with Crippen LogP contribution in [-0.2, 0) is 11.3 Å². The average Bonchev–Trinajstić information content (AvgIpc) is 2.46. The highest BCUT2D eigenvalue weighted by Crippen LogP contribution is 2.20. The molecule has 0 aliphatic heterocycles. The van der Waals surface area contributed by atoms with Gasteiger partial charge in [-0.05, 0) is 5.56 Å². The molecule has 0 N–H and O–H groups in total. The Morgan fingerprint density at radius 1 is 1.10 bits per heavy atom. The zero-order valence-corrected chi connectivity index (χ0v) is 10.6. The molecule has 2 aromatic rings. The van der Waals surface area contributed by atoms with E-state index in [-0.39, 0.29) is 19.0 Å². The molecule has 3 nitrogen and oxygen atoms in total. The number of carbonyl (C=O) groups is 2. The summed E-state index contributed by atoms with van der Waals surface area (Å²) in [6.07, 6.45) is -0.127. The van der Waals surface area contributed by atoms with Crippen LogP contribution in [-0.4, -0.2) is 12.3 Å². The van der Waals surface area contributed by atoms with Crippen LogP contribution in [0.25, 0.3) is 0 Å². The first-order valence-electron chi connectivity index (χ1n) is 5.88. The third kappa shape index (κ3) is 3.10. The summed E-state index contributed by atoms with van der Waals surface area (Å²) in [6, 6.07) is 8.73. The molecule has 0 aliphatic carbocycles. The number of aldehydes is 1. The third-order valence-electron chi connectivity index (χ3n) is 2.74. The van der Waals surface area contributed by atoms with Gasteiger partial charge in [-0.1, -0.05) is 30.3 Å². The quantitative estimate of drug-likeness (QED) is 0.642. The van der Waals surface area contributed by atoms with Crippen LogP contribution in [0.5, 0.6) is 0 Å². The standard InChI is InChI=1S/C15H9F3O3/c16-11-6-12(17)13(14(18)10(11)7-19)15(20)21-8-9-4-2-1-3-5-9/h1-7H,8H2. The van der Waals surface area contributed by atoms with E-state index in [9.17, 15) is 22.8 Å². The molecular formula is C15H9F3O3. The lowest BCUT2D eigenvalue weighted by molar-refractivity contribution is 0.0461. The Labute approximate surface area is 118 Å². The highest BCUT2D eigenvalue weighted by molar-refractivity contribution is 5.92. The van der Waals surface area contributed by atoms with Crippen molar-refractivity contribution in [2.45, 2.75) is 6.61 Å². The van der Waals surface area contributed by atoms with Gasteiger partial charge in [0.25, 0.3) is 0 Å². The molecule has 0 saturated carbocycles. The zero-order valence-electron chi connectivity index (χ0n) is 10.6. The van der Waals surface area contributed by atoms with Crippen molar-refractivity contribution in [3.63, 3.8) is 0 Å². The molecule has 2 rings (SSSR count). The van der Waals surface area contributed by atoms with Crippen LogP contribution < -0.4 is 0 Å². The van der Waals surface area contributed by atoms with E-state index in [0.29, 0.717) is 5.56 Å². The molecule has 6 heteroatoms. The number of hydrogen-bond acceptors (Lipinski definition) is 3. The fraction of sp³-hybridized carbons (Fsp3) is 0.0667. The summed E-state index contributed by atoms with van der Waals surface area (Å²) in [4.78, 5) is 22.3. The van der Waals surface area contributed by atoms with Crippen LogP contribution in [0.2, 0.25) is 0 Å². The first-order valence-corrected chi connectivity index (χ1v) is 5.88. The maximum Gasteiger partial charge on any atom is 0.344 e. The van der Waals surface area contributed by atoms with E-state index in [1.54, 1.807) is 30.3 Å². The molecular weight excluding hydrogens is 285 g/mol. The summed E-state index contributed by atoms with van der Waals surface area (Å²) in [5.74, 6) is -5.68. The molecule has 0 amide bonds. The van der Waals surface area contributed by atoms with Gasteiger partial charge < -0.3 is 4.74 Å². The van der Waals surface area contributed by atoms with E-state index >= 15 is 0 Å². The number of halogens is 3. The van der Waals surface area contributed by atoms with E-state index in [2.05, 4.69) is 0 Å². The van der Waals surface area contributed by atoms with E-state index in [4.69, 9.17) is 4.74 Å². The molecule has 0 aliphatic rings. The van der Waals surface area contributed by atoms with Crippen molar-refractivity contribution in [2.24, 2.45) is 0 Å². The summed E-state index contributed by atoms with van der Waals surface area (Å²) >= 11 is 0. The SMILES string of the molecule is O=Cc1c(F)cc(F)c(C(=O)OCc2ccccc2)c1F. The van der Waals surface area contributed by atoms with Crippen LogP contribution in [0.3, 0.4) is 0 Å². The molecule has 0 spiro atoms. The number of benzene rings is 2. The topological polar surface area (TPSA) is 43.4 Å². The van der Waals surface area contributed by atoms with Gasteiger partial charge in [0.2, 0.25) is 0 Å². The Kier molecular flexibility index (Phi) is 4.37. The second kappa shape index (κ2) is 6.21. The summed E-state index contributed by atoms with van der Waals surface area (Å²) in [6.45, 7) is -0.202. The minimum absolute atomic E-state index is 0.127. The summed E-state index contributed by atoms with van der Waals surface area (Å²) in [5, 5.41) is 0. The lowest BCUT2D eigenvalue weighted by atomic mass is 10.1. The van der Waals surface area contributed by atoms with E-state index in [0.717, 1.165) is 0 Å². The average molecular weight is 294 g/mol. The van der Waals surface area contributed by atoms with Gasteiger partial charge in [0, 0.05) is 6.07 Å². The number of esters is 1. The monoisotopic (exact) mass is 294 g/mol. The Balaban J connectivity index is 2.25. The molecule has 0 fully saturated rings. The van der Waals surface area contributed by atoms with Crippen LogP contribution in [0.15, 0.2) is 36.4 Å². The van der Waals surface area contributed by atoms with Crippen LogP contribution >= 0.6 is 0 Å². The molecule has 0 aromatic heterocycles. The predicted molar refractivity (Wildman–Crippen MR) is 67.3 cm³/mol. The number of ether oxygens (including phenoxy) is 1. The third-order valence-corrected chi connectivity index (χ3v) is 2.74. The van der Waals surface area contributed by atoms with Crippen LogP contribution in [0.4, 0.5) is 13.2 Å². The molecule has 0 heterocycles. The second-order valence-corrected chi connectivity index (χ2v) is 4.12. The largest absolute Gasteiger partial charge is 0.457 e. The van der Waals surface area contributed by atoms with Crippen molar-refractivity contribution in [1.82, 2.24) is 0 Å². The van der Waals surface area contributed by atoms with E-state index < -0.39 is 34.5 Å². The van der Waals surface area contributed by atoms with Crippen molar-refractivity contribution in [3.05, 3.63) is 70.5 Å². The van der Waals surface area contributed by atoms with Crippen LogP contribution in [0.1, 0.15) is 26.3 Å². The predicted octanol–water partition coefficient (Wildman–Crippen LogP) is 3.27. The first-order chi connectivity index (χ1) is 10.0. The van der Waals surface area contributed by atoms with Gasteiger partial charge in [-0.15, -0.1) is 0 Å². The zero-order chi connectivity index (χ0) is 15.4. The second-order valence-electron chi connectivity index (χ2n) is 4.12. The van der Waals surface area contributed by atoms with Crippen molar-refractivity contribution in [3.8, 4) is 0 Å². The summed E-state index contributed by atoms with van der Waals surface area (Å²) in [5.41, 5.74) is -1.48. The van der Waals surface area contributed by atoms with Gasteiger partial charge in [0.15, 0.2) is 12.1 Å². The van der Waals surface area contributed by atoms with Gasteiger partial charge >= 0.3 is 5.97 Å². The molecule has 0 bridgehead atoms. The summed E-state index contributed by atoms with van der Waals surface area (Å²) < 4.78 is 45.2. The maximum absolute atomic E-state index is 13.8. The molecule has 0 unspecified atom stereocenters. The maximum atomic E-state index is 13.8. The minimum Gasteiger partial charge on any atom is -0.457 e. The Hall–Kier alpha value is -2.63. The normalized spacial score (nSPS) is 10.2. The Morgan fingerprint density at radius 2 is 1.76 bits per heavy atom. The lowest BCUT2D eigenvalue weighted by Gasteiger charge is -2.08. The van der Waals surface area contributed by atoms with Crippen molar-refractivity contribution in [1.29, 1.82) is 0 Å². The molecule has 0 radical (unpaired) electrons. The van der Waals surface area contributed by atoms with Crippen molar-refractivity contribution < 1.29 is 27.5 Å². The van der Waals surface area contributed by atoms with Gasteiger partial charge in [-0.25, -0.2) is 18.0 Å². The number of carbonyl (C=O) groups excluding carboxylic acids is 2. The van der Waals surface area contributed by atoms with Gasteiger partial charge in [-0.2, -0.15) is 0 Å². The fourth-order valence-electron chi connectivity index (χ4n) is 1.70. The van der Waals surface area contributed by atoms with Crippen molar-refractivity contribution >= 4 is 12.3 Å². The molecule has 108 valence electrons. The van der Waals surface area contributed by atoms with Gasteiger partial charge in [0.05, 0.1) is 5.56 Å². The smallest absolute Gasteiger partial charge is 0.344 e. The minimum atomic E-state index is -1.57. The summed E-state index contributed by atoms with van der Waals surface area (Å²) in [7, 11) is 0. The Bertz CT molecular complexity index is 684. The Morgan fingerprint density at radius 3 is 2.38 bits per heavy atom. The molecule has 0 saturated heterocycles. The van der Waals surface area contributed by atoms with Gasteiger partial charge in [-0.3, -0.25) is 4.79 Å². The lowest BCUT2D eigenvalue weighted by Crippen LogP contribution is -2.13. The van der Waals surface area contributed by atoms with Crippen LogP contribution in [0, 0.1) is 17.5 Å². The molecule has 21 heavy (non-hydrogen) atoms. The number of hydrogen-bond donors (Lipinski definition) is 0. The number of rotatable bonds is 4. The highest BCUT2D eigenvalue weighted by atomic mass is 19.1. The molecule has 0 atom stereocenters. The van der Waals surface area contributed by atoms with E-state index in [1.807, 2.05) is 0 Å². The first kappa shape index (κ1) is 14.8. The highest BCUT2D eigenvalue weighted by Gasteiger charge is 2.25. The molecule has 2 aromatic carbocycles. The fourth-order valence-corrected chi connectivity index (χ4v) is 1.70.